The van der Waals surface area contributed by atoms with Crippen molar-refractivity contribution in [2.75, 3.05) is 26.2 Å². The van der Waals surface area contributed by atoms with Crippen molar-refractivity contribution in [1.82, 2.24) is 14.7 Å². The van der Waals surface area contributed by atoms with E-state index in [-0.39, 0.29) is 24.2 Å². The molecule has 43 heavy (non-hydrogen) atoms. The average molecular weight is 620 g/mol. The highest BCUT2D eigenvalue weighted by Gasteiger charge is 2.45. The number of nitrogens with zero attached hydrogens (tertiary/aromatic N) is 4. The maximum atomic E-state index is 14.8. The zero-order valence-corrected chi connectivity index (χ0v) is 26.5. The first-order valence-electron chi connectivity index (χ1n) is 15.6. The Labute approximate surface area is 265 Å². The van der Waals surface area contributed by atoms with Crippen LogP contribution in [0.3, 0.4) is 0 Å². The molecule has 2 atom stereocenters. The Morgan fingerprint density at radius 1 is 0.814 bits per heavy atom. The van der Waals surface area contributed by atoms with Crippen molar-refractivity contribution >= 4 is 35.1 Å². The molecule has 2 saturated heterocycles. The van der Waals surface area contributed by atoms with Crippen molar-refractivity contribution in [2.24, 2.45) is 4.99 Å². The van der Waals surface area contributed by atoms with Crippen LogP contribution in [-0.4, -0.2) is 64.9 Å². The van der Waals surface area contributed by atoms with Crippen molar-refractivity contribution in [3.05, 3.63) is 99.5 Å². The Morgan fingerprint density at radius 2 is 1.42 bits per heavy atom. The molecule has 0 spiro atoms. The van der Waals surface area contributed by atoms with E-state index in [1.165, 1.54) is 32.4 Å². The lowest BCUT2D eigenvalue weighted by Crippen LogP contribution is -2.52. The Kier molecular flexibility index (Phi) is 9.27. The predicted molar refractivity (Wildman–Crippen MR) is 174 cm³/mol. The molecule has 2 fully saturated rings. The number of para-hydroxylation sites is 1. The van der Waals surface area contributed by atoms with E-state index in [4.69, 9.17) is 32.9 Å². The summed E-state index contributed by atoms with van der Waals surface area (Å²) in [5.41, 5.74) is 2.77. The second-order valence-electron chi connectivity index (χ2n) is 12.1. The lowest BCUT2D eigenvalue weighted by atomic mass is 9.93. The minimum atomic E-state index is -0.368. The van der Waals surface area contributed by atoms with Crippen LogP contribution in [0.1, 0.15) is 74.7 Å². The number of hydrogen-bond acceptors (Lipinski definition) is 4. The van der Waals surface area contributed by atoms with Gasteiger partial charge in [-0.15, -0.1) is 0 Å². The highest BCUT2D eigenvalue weighted by atomic mass is 35.5. The van der Waals surface area contributed by atoms with Crippen molar-refractivity contribution < 1.29 is 9.53 Å². The first kappa shape index (κ1) is 30.0. The van der Waals surface area contributed by atoms with Gasteiger partial charge in [-0.25, -0.2) is 4.79 Å². The van der Waals surface area contributed by atoms with Crippen LogP contribution in [0, 0.1) is 0 Å². The van der Waals surface area contributed by atoms with E-state index < -0.39 is 0 Å². The van der Waals surface area contributed by atoms with Crippen molar-refractivity contribution in [1.29, 1.82) is 0 Å². The zero-order valence-electron chi connectivity index (χ0n) is 25.0. The fourth-order valence-electron chi connectivity index (χ4n) is 6.72. The number of halogens is 2. The molecule has 0 radical (unpaired) electrons. The molecule has 6 nitrogen and oxygen atoms in total. The molecule has 3 aliphatic heterocycles. The van der Waals surface area contributed by atoms with Crippen LogP contribution in [-0.2, 0) is 0 Å². The molecule has 3 aromatic carbocycles. The molecule has 226 valence electrons. The van der Waals surface area contributed by atoms with Gasteiger partial charge in [0.05, 0.1) is 17.7 Å². The standard InChI is InChI=1S/C35H40Cl2N4O2/c1-24(2)43-31-9-5-4-8-30(31)34-38-32(25-10-14-27(36)15-11-25)33(26-12-16-28(37)17-13-26)41(34)35(42)40-22-18-29(19-23-40)39-20-6-3-7-21-39/h4-5,8-17,24,29,32-33H,3,6-7,18-23H2,1-2H3/t32-,33+/m1/s1. The number of carbonyl (C=O) groups excluding carboxylic acids is 1. The maximum absolute atomic E-state index is 14.8. The van der Waals surface area contributed by atoms with Crippen molar-refractivity contribution in [3.8, 4) is 5.75 Å². The van der Waals surface area contributed by atoms with Crippen LogP contribution in [0.4, 0.5) is 4.79 Å². The number of hydrogen-bond donors (Lipinski definition) is 0. The number of likely N-dealkylation sites (tertiary alicyclic amines) is 2. The number of amidine groups is 1. The summed E-state index contributed by atoms with van der Waals surface area (Å²) in [5, 5.41) is 1.31. The zero-order chi connectivity index (χ0) is 29.9. The topological polar surface area (TPSA) is 48.4 Å². The summed E-state index contributed by atoms with van der Waals surface area (Å²) in [6.45, 7) is 7.83. The Bertz CT molecular complexity index is 1430. The minimum absolute atomic E-state index is 0.0217. The summed E-state index contributed by atoms with van der Waals surface area (Å²) >= 11 is 12.6. The number of carbonyl (C=O) groups is 1. The average Bonchev–Trinajstić information content (AvgIpc) is 3.42. The molecule has 0 aromatic heterocycles. The fraction of sp³-hybridized carbons (Fsp3) is 0.429. The number of aliphatic imine (C=N–C) groups is 1. The third kappa shape index (κ3) is 6.57. The van der Waals surface area contributed by atoms with Gasteiger partial charge in [-0.2, -0.15) is 0 Å². The molecular formula is C35H40Cl2N4O2. The van der Waals surface area contributed by atoms with E-state index in [1.54, 1.807) is 0 Å². The number of piperidine rings is 2. The number of ether oxygens (including phenoxy) is 1. The fourth-order valence-corrected chi connectivity index (χ4v) is 6.97. The molecule has 3 aromatic rings. The Morgan fingerprint density at radius 3 is 2.05 bits per heavy atom. The van der Waals surface area contributed by atoms with Gasteiger partial charge in [0.25, 0.3) is 0 Å². The van der Waals surface area contributed by atoms with Crippen LogP contribution in [0.25, 0.3) is 0 Å². The first-order chi connectivity index (χ1) is 20.9. The molecule has 8 heteroatoms. The largest absolute Gasteiger partial charge is 0.490 e. The van der Waals surface area contributed by atoms with Gasteiger partial charge in [0.15, 0.2) is 0 Å². The van der Waals surface area contributed by atoms with E-state index >= 15 is 0 Å². The lowest BCUT2D eigenvalue weighted by molar-refractivity contribution is 0.0927. The molecule has 0 unspecified atom stereocenters. The Hall–Kier alpha value is -3.06. The third-order valence-corrected chi connectivity index (χ3v) is 9.33. The number of rotatable bonds is 6. The van der Waals surface area contributed by atoms with Crippen LogP contribution >= 0.6 is 23.2 Å². The normalized spacial score (nSPS) is 21.7. The number of amides is 2. The summed E-state index contributed by atoms with van der Waals surface area (Å²) in [4.78, 5) is 26.6. The van der Waals surface area contributed by atoms with Gasteiger partial charge in [0.2, 0.25) is 0 Å². The summed E-state index contributed by atoms with van der Waals surface area (Å²) < 4.78 is 6.25. The van der Waals surface area contributed by atoms with Gasteiger partial charge in [0.1, 0.15) is 17.6 Å². The molecule has 6 rings (SSSR count). The summed E-state index contributed by atoms with van der Waals surface area (Å²) in [6.07, 6.45) is 5.84. The van der Waals surface area contributed by atoms with E-state index in [9.17, 15) is 4.79 Å². The quantitative estimate of drug-likeness (QED) is 0.279. The van der Waals surface area contributed by atoms with Crippen LogP contribution in [0.5, 0.6) is 5.75 Å². The number of urea groups is 1. The summed E-state index contributed by atoms with van der Waals surface area (Å²) in [7, 11) is 0. The molecule has 0 aliphatic carbocycles. The van der Waals surface area contributed by atoms with Gasteiger partial charge in [0, 0.05) is 29.2 Å². The van der Waals surface area contributed by atoms with E-state index in [2.05, 4.69) is 4.90 Å². The molecular weight excluding hydrogens is 579 g/mol. The second-order valence-corrected chi connectivity index (χ2v) is 12.9. The van der Waals surface area contributed by atoms with Gasteiger partial charge in [-0.05, 0) is 100 Å². The SMILES string of the molecule is CC(C)Oc1ccccc1C1=N[C@H](c2ccc(Cl)cc2)[C@H](c2ccc(Cl)cc2)N1C(=O)N1CCC(N2CCCCC2)CC1. The second kappa shape index (κ2) is 13.3. The van der Waals surface area contributed by atoms with Gasteiger partial charge in [-0.3, -0.25) is 9.89 Å². The van der Waals surface area contributed by atoms with Crippen LogP contribution in [0.2, 0.25) is 10.0 Å². The van der Waals surface area contributed by atoms with Gasteiger partial charge >= 0.3 is 6.03 Å². The highest BCUT2D eigenvalue weighted by molar-refractivity contribution is 6.30. The molecule has 0 saturated carbocycles. The summed E-state index contributed by atoms with van der Waals surface area (Å²) in [6, 6.07) is 23.3. The van der Waals surface area contributed by atoms with Gasteiger partial charge in [-0.1, -0.05) is 66.0 Å². The smallest absolute Gasteiger partial charge is 0.326 e. The highest BCUT2D eigenvalue weighted by Crippen LogP contribution is 2.45. The van der Waals surface area contributed by atoms with Gasteiger partial charge < -0.3 is 14.5 Å². The monoisotopic (exact) mass is 618 g/mol. The molecule has 3 aliphatic rings. The van der Waals surface area contributed by atoms with Crippen molar-refractivity contribution in [2.45, 2.75) is 70.2 Å². The van der Waals surface area contributed by atoms with Crippen molar-refractivity contribution in [3.63, 3.8) is 0 Å². The lowest BCUT2D eigenvalue weighted by Gasteiger charge is -2.42. The van der Waals surface area contributed by atoms with Crippen LogP contribution in [0.15, 0.2) is 77.8 Å². The van der Waals surface area contributed by atoms with Crippen LogP contribution < -0.4 is 4.74 Å². The van der Waals surface area contributed by atoms with E-state index in [0.717, 1.165) is 42.6 Å². The maximum Gasteiger partial charge on any atom is 0.326 e. The first-order valence-corrected chi connectivity index (χ1v) is 16.3. The number of benzene rings is 3. The minimum Gasteiger partial charge on any atom is -0.490 e. The molecule has 0 bridgehead atoms. The molecule has 0 N–H and O–H groups in total. The predicted octanol–water partition coefficient (Wildman–Crippen LogP) is 8.40. The summed E-state index contributed by atoms with van der Waals surface area (Å²) in [5.74, 6) is 1.34. The Balaban J connectivity index is 1.40. The third-order valence-electron chi connectivity index (χ3n) is 8.83. The molecule has 2 amide bonds. The molecule has 3 heterocycles. The van der Waals surface area contributed by atoms with E-state index in [1.807, 2.05) is 96.4 Å². The van der Waals surface area contributed by atoms with E-state index in [0.29, 0.717) is 27.7 Å².